The van der Waals surface area contributed by atoms with Gasteiger partial charge in [-0.05, 0) is 44.1 Å². The lowest BCUT2D eigenvalue weighted by Crippen LogP contribution is -2.38. The van der Waals surface area contributed by atoms with E-state index in [4.69, 9.17) is 16.9 Å². The number of nitrogens with zero attached hydrogens (tertiary/aromatic N) is 2. The molecule has 0 aliphatic carbocycles. The Kier molecular flexibility index (Phi) is 7.01. The van der Waals surface area contributed by atoms with Crippen molar-refractivity contribution in [2.75, 3.05) is 20.6 Å². The van der Waals surface area contributed by atoms with Gasteiger partial charge in [0, 0.05) is 24.2 Å². The first kappa shape index (κ1) is 17.0. The van der Waals surface area contributed by atoms with Crippen LogP contribution in [0, 0.1) is 17.2 Å². The molecule has 0 radical (unpaired) electrons. The summed E-state index contributed by atoms with van der Waals surface area (Å²) in [6.45, 7) is 6.21. The van der Waals surface area contributed by atoms with Gasteiger partial charge in [0.25, 0.3) is 0 Å². The number of benzene rings is 1. The van der Waals surface area contributed by atoms with Crippen LogP contribution in [0.1, 0.15) is 31.4 Å². The number of halogens is 1. The molecular formula is C16H24ClN3. The topological polar surface area (TPSA) is 39.1 Å². The third kappa shape index (κ3) is 5.92. The molecule has 0 fully saturated rings. The average Bonchev–Trinajstić information content (AvgIpc) is 2.35. The molecule has 4 heteroatoms. The summed E-state index contributed by atoms with van der Waals surface area (Å²) in [7, 11) is 4.17. The molecule has 1 atom stereocenters. The lowest BCUT2D eigenvalue weighted by Gasteiger charge is -2.24. The molecule has 1 N–H and O–H groups in total. The van der Waals surface area contributed by atoms with E-state index >= 15 is 0 Å². The number of likely N-dealkylation sites (N-methyl/N-ethyl adjacent to an activating group) is 1. The second-order valence-electron chi connectivity index (χ2n) is 5.89. The van der Waals surface area contributed by atoms with Gasteiger partial charge in [-0.25, -0.2) is 0 Å². The van der Waals surface area contributed by atoms with Crippen LogP contribution in [0.3, 0.4) is 0 Å². The van der Waals surface area contributed by atoms with Gasteiger partial charge in [-0.15, -0.1) is 0 Å². The lowest BCUT2D eigenvalue weighted by atomic mass is 10.0. The molecule has 20 heavy (non-hydrogen) atoms. The van der Waals surface area contributed by atoms with Crippen LogP contribution in [0.4, 0.5) is 0 Å². The molecule has 0 aliphatic heterocycles. The fourth-order valence-electron chi connectivity index (χ4n) is 2.25. The third-order valence-corrected chi connectivity index (χ3v) is 3.46. The zero-order valence-corrected chi connectivity index (χ0v) is 13.5. The Morgan fingerprint density at radius 2 is 2.05 bits per heavy atom. The maximum atomic E-state index is 8.84. The van der Waals surface area contributed by atoms with E-state index in [1.165, 1.54) is 0 Å². The number of rotatable bonds is 7. The SMILES string of the molecule is CC(C)CC(CN(C)C)NCc1ccc(C#N)cc1Cl. The molecule has 1 aromatic rings. The van der Waals surface area contributed by atoms with Crippen LogP contribution >= 0.6 is 11.6 Å². The van der Waals surface area contributed by atoms with E-state index in [0.29, 0.717) is 22.5 Å². The maximum Gasteiger partial charge on any atom is 0.0992 e. The molecule has 0 heterocycles. The van der Waals surface area contributed by atoms with Crippen LogP contribution in [0.2, 0.25) is 5.02 Å². The molecule has 0 aromatic heterocycles. The molecule has 0 saturated carbocycles. The summed E-state index contributed by atoms with van der Waals surface area (Å²) in [5.41, 5.74) is 1.64. The molecule has 1 unspecified atom stereocenters. The van der Waals surface area contributed by atoms with Gasteiger partial charge in [-0.1, -0.05) is 31.5 Å². The van der Waals surface area contributed by atoms with Crippen LogP contribution in [0.15, 0.2) is 18.2 Å². The van der Waals surface area contributed by atoms with Gasteiger partial charge >= 0.3 is 0 Å². The Morgan fingerprint density at radius 3 is 2.55 bits per heavy atom. The van der Waals surface area contributed by atoms with E-state index in [-0.39, 0.29) is 0 Å². The van der Waals surface area contributed by atoms with Crippen molar-refractivity contribution in [1.82, 2.24) is 10.2 Å². The van der Waals surface area contributed by atoms with Gasteiger partial charge in [0.05, 0.1) is 11.6 Å². The van der Waals surface area contributed by atoms with Crippen LogP contribution < -0.4 is 5.32 Å². The number of nitriles is 1. The zero-order valence-electron chi connectivity index (χ0n) is 12.8. The minimum atomic E-state index is 0.441. The highest BCUT2D eigenvalue weighted by atomic mass is 35.5. The highest BCUT2D eigenvalue weighted by molar-refractivity contribution is 6.31. The van der Waals surface area contributed by atoms with Gasteiger partial charge in [-0.3, -0.25) is 0 Å². The Morgan fingerprint density at radius 1 is 1.35 bits per heavy atom. The molecule has 0 amide bonds. The van der Waals surface area contributed by atoms with Crippen LogP contribution in [0.25, 0.3) is 0 Å². The maximum absolute atomic E-state index is 8.84. The summed E-state index contributed by atoms with van der Waals surface area (Å²) in [4.78, 5) is 2.19. The molecule has 3 nitrogen and oxygen atoms in total. The molecule has 0 saturated heterocycles. The standard InChI is InChI=1S/C16H24ClN3/c1-12(2)7-15(11-20(3)4)19-10-14-6-5-13(9-18)8-16(14)17/h5-6,8,12,15,19H,7,10-11H2,1-4H3. The number of hydrogen-bond donors (Lipinski definition) is 1. The second kappa shape index (κ2) is 8.26. The Labute approximate surface area is 127 Å². The van der Waals surface area contributed by atoms with Crippen molar-refractivity contribution in [2.45, 2.75) is 32.9 Å². The summed E-state index contributed by atoms with van der Waals surface area (Å²) in [6.07, 6.45) is 1.13. The summed E-state index contributed by atoms with van der Waals surface area (Å²) >= 11 is 6.20. The van der Waals surface area contributed by atoms with Crippen LogP contribution in [-0.2, 0) is 6.54 Å². The smallest absolute Gasteiger partial charge is 0.0992 e. The van der Waals surface area contributed by atoms with Gasteiger partial charge in [0.2, 0.25) is 0 Å². The average molecular weight is 294 g/mol. The number of hydrogen-bond acceptors (Lipinski definition) is 3. The highest BCUT2D eigenvalue weighted by Crippen LogP contribution is 2.18. The summed E-state index contributed by atoms with van der Waals surface area (Å²) < 4.78 is 0. The predicted octanol–water partition coefficient (Wildman–Crippen LogP) is 3.28. The summed E-state index contributed by atoms with van der Waals surface area (Å²) in [5, 5.41) is 13.1. The molecule has 110 valence electrons. The lowest BCUT2D eigenvalue weighted by molar-refractivity contribution is 0.305. The fourth-order valence-corrected chi connectivity index (χ4v) is 2.49. The molecule has 0 aliphatic rings. The van der Waals surface area contributed by atoms with Gasteiger partial charge in [0.15, 0.2) is 0 Å². The minimum Gasteiger partial charge on any atom is -0.309 e. The molecular weight excluding hydrogens is 270 g/mol. The van der Waals surface area contributed by atoms with E-state index < -0.39 is 0 Å². The quantitative estimate of drug-likeness (QED) is 0.838. The van der Waals surface area contributed by atoms with Crippen LogP contribution in [0.5, 0.6) is 0 Å². The van der Waals surface area contributed by atoms with Gasteiger partial charge in [0.1, 0.15) is 0 Å². The first-order valence-corrected chi connectivity index (χ1v) is 7.36. The molecule has 0 spiro atoms. The summed E-state index contributed by atoms with van der Waals surface area (Å²) in [5.74, 6) is 0.656. The van der Waals surface area contributed by atoms with Crippen molar-refractivity contribution in [1.29, 1.82) is 5.26 Å². The summed E-state index contributed by atoms with van der Waals surface area (Å²) in [6, 6.07) is 8.00. The van der Waals surface area contributed by atoms with Gasteiger partial charge in [-0.2, -0.15) is 5.26 Å². The Bertz CT molecular complexity index is 453. The van der Waals surface area contributed by atoms with Gasteiger partial charge < -0.3 is 10.2 Å². The third-order valence-electron chi connectivity index (χ3n) is 3.10. The van der Waals surface area contributed by atoms with Crippen molar-refractivity contribution in [2.24, 2.45) is 5.92 Å². The van der Waals surface area contributed by atoms with E-state index in [9.17, 15) is 0 Å². The van der Waals surface area contributed by atoms with E-state index in [1.54, 1.807) is 6.07 Å². The highest BCUT2D eigenvalue weighted by Gasteiger charge is 2.12. The largest absolute Gasteiger partial charge is 0.309 e. The van der Waals surface area contributed by atoms with Crippen molar-refractivity contribution >= 4 is 11.6 Å². The number of nitrogens with one attached hydrogen (secondary N) is 1. The molecule has 0 bridgehead atoms. The Balaban J connectivity index is 2.64. The normalized spacial score (nSPS) is 12.7. The van der Waals surface area contributed by atoms with Crippen molar-refractivity contribution in [3.05, 3.63) is 34.3 Å². The molecule has 1 aromatic carbocycles. The second-order valence-corrected chi connectivity index (χ2v) is 6.29. The molecule has 1 rings (SSSR count). The minimum absolute atomic E-state index is 0.441. The van der Waals surface area contributed by atoms with Crippen molar-refractivity contribution < 1.29 is 0 Å². The van der Waals surface area contributed by atoms with E-state index in [0.717, 1.165) is 25.1 Å². The Hall–Kier alpha value is -1.08. The monoisotopic (exact) mass is 293 g/mol. The fraction of sp³-hybridized carbons (Fsp3) is 0.562. The van der Waals surface area contributed by atoms with E-state index in [1.807, 2.05) is 12.1 Å². The zero-order chi connectivity index (χ0) is 15.1. The van der Waals surface area contributed by atoms with Crippen molar-refractivity contribution in [3.8, 4) is 6.07 Å². The predicted molar refractivity (Wildman–Crippen MR) is 84.8 cm³/mol. The first-order valence-electron chi connectivity index (χ1n) is 6.99. The van der Waals surface area contributed by atoms with Crippen molar-refractivity contribution in [3.63, 3.8) is 0 Å². The van der Waals surface area contributed by atoms with Crippen LogP contribution in [-0.4, -0.2) is 31.6 Å². The van der Waals surface area contributed by atoms with E-state index in [2.05, 4.69) is 44.2 Å². The first-order chi connectivity index (χ1) is 9.42.